The van der Waals surface area contributed by atoms with Gasteiger partial charge >= 0.3 is 0 Å². The summed E-state index contributed by atoms with van der Waals surface area (Å²) in [5.74, 6) is 1.73. The molecule has 0 bridgehead atoms. The highest BCUT2D eigenvalue weighted by molar-refractivity contribution is 7.98. The van der Waals surface area contributed by atoms with E-state index in [2.05, 4.69) is 5.32 Å². The topological polar surface area (TPSA) is 63.5 Å². The van der Waals surface area contributed by atoms with E-state index >= 15 is 0 Å². The fraction of sp³-hybridized carbons (Fsp3) is 0.471. The fourth-order valence-corrected chi connectivity index (χ4v) is 3.08. The summed E-state index contributed by atoms with van der Waals surface area (Å²) >= 11 is 1.71. The number of aliphatic hydroxyl groups is 1. The maximum atomic E-state index is 12.1. The van der Waals surface area contributed by atoms with Gasteiger partial charge in [0.15, 0.2) is 0 Å². The molecule has 1 aromatic heterocycles. The number of benzene rings is 1. The minimum absolute atomic E-state index is 0.0179. The number of aromatic nitrogens is 1. The maximum absolute atomic E-state index is 12.1. The number of nitrogens with one attached hydrogen (secondary N) is 1. The van der Waals surface area contributed by atoms with Crippen LogP contribution in [0.5, 0.6) is 5.75 Å². The predicted molar refractivity (Wildman–Crippen MR) is 95.1 cm³/mol. The Morgan fingerprint density at radius 2 is 2.26 bits per heavy atom. The van der Waals surface area contributed by atoms with Gasteiger partial charge in [-0.25, -0.2) is 0 Å². The molecule has 126 valence electrons. The highest BCUT2D eigenvalue weighted by atomic mass is 32.2. The Morgan fingerprint density at radius 3 is 2.96 bits per heavy atom. The van der Waals surface area contributed by atoms with Crippen LogP contribution < -0.4 is 10.1 Å². The third-order valence-electron chi connectivity index (χ3n) is 3.83. The van der Waals surface area contributed by atoms with E-state index in [9.17, 15) is 9.90 Å². The number of nitrogens with zero attached hydrogens (tertiary/aromatic N) is 1. The van der Waals surface area contributed by atoms with Crippen LogP contribution in [0.2, 0.25) is 0 Å². The molecule has 0 radical (unpaired) electrons. The summed E-state index contributed by atoms with van der Waals surface area (Å²) in [5, 5.41) is 13.2. The molecule has 0 unspecified atom stereocenters. The zero-order valence-electron chi connectivity index (χ0n) is 13.6. The van der Waals surface area contributed by atoms with E-state index in [1.807, 2.05) is 41.3 Å². The molecular weight excluding hydrogens is 312 g/mol. The first-order valence-electron chi connectivity index (χ1n) is 7.70. The van der Waals surface area contributed by atoms with Crippen molar-refractivity contribution in [2.24, 2.45) is 0 Å². The molecule has 0 spiro atoms. The highest BCUT2D eigenvalue weighted by Gasteiger charge is 2.12. The van der Waals surface area contributed by atoms with Crippen molar-refractivity contribution in [2.45, 2.75) is 25.4 Å². The number of methoxy groups -OCH3 is 1. The first-order valence-corrected chi connectivity index (χ1v) is 9.10. The van der Waals surface area contributed by atoms with Crippen LogP contribution in [0.4, 0.5) is 0 Å². The lowest BCUT2D eigenvalue weighted by Crippen LogP contribution is -2.38. The molecule has 2 aromatic rings. The quantitative estimate of drug-likeness (QED) is 0.737. The minimum Gasteiger partial charge on any atom is -0.496 e. The Balaban J connectivity index is 1.94. The molecule has 0 aliphatic heterocycles. The van der Waals surface area contributed by atoms with Gasteiger partial charge in [0, 0.05) is 24.5 Å². The zero-order chi connectivity index (χ0) is 16.7. The molecule has 1 heterocycles. The molecule has 0 fully saturated rings. The van der Waals surface area contributed by atoms with Crippen molar-refractivity contribution in [3.63, 3.8) is 0 Å². The van der Waals surface area contributed by atoms with Crippen LogP contribution in [-0.4, -0.2) is 47.3 Å². The number of rotatable bonds is 9. The van der Waals surface area contributed by atoms with Crippen LogP contribution in [0.1, 0.15) is 12.8 Å². The van der Waals surface area contributed by atoms with Gasteiger partial charge in [-0.3, -0.25) is 4.79 Å². The number of carbonyl (C=O) groups is 1. The van der Waals surface area contributed by atoms with E-state index in [1.54, 1.807) is 18.9 Å². The van der Waals surface area contributed by atoms with Crippen LogP contribution in [0.15, 0.2) is 30.5 Å². The second-order valence-electron chi connectivity index (χ2n) is 5.38. The van der Waals surface area contributed by atoms with Gasteiger partial charge in [-0.05, 0) is 36.6 Å². The van der Waals surface area contributed by atoms with Crippen molar-refractivity contribution in [3.05, 3.63) is 30.5 Å². The van der Waals surface area contributed by atoms with E-state index in [4.69, 9.17) is 4.74 Å². The number of hydrogen-bond donors (Lipinski definition) is 2. The number of aryl methyl sites for hydroxylation is 1. The molecule has 5 nitrogen and oxygen atoms in total. The van der Waals surface area contributed by atoms with Gasteiger partial charge in [0.2, 0.25) is 5.91 Å². The number of amides is 1. The van der Waals surface area contributed by atoms with Crippen molar-refractivity contribution in [3.8, 4) is 5.75 Å². The maximum Gasteiger partial charge on any atom is 0.222 e. The molecule has 1 atom stereocenters. The molecule has 2 N–H and O–H groups in total. The average molecular weight is 336 g/mol. The summed E-state index contributed by atoms with van der Waals surface area (Å²) in [6, 6.07) is 7.74. The molecule has 0 aliphatic rings. The molecule has 2 rings (SSSR count). The smallest absolute Gasteiger partial charge is 0.222 e. The monoisotopic (exact) mass is 336 g/mol. The van der Waals surface area contributed by atoms with Gasteiger partial charge in [0.1, 0.15) is 5.75 Å². The summed E-state index contributed by atoms with van der Waals surface area (Å²) in [5.41, 5.74) is 1.05. The van der Waals surface area contributed by atoms with Crippen molar-refractivity contribution in [2.75, 3.05) is 25.7 Å². The molecule has 0 saturated carbocycles. The first-order chi connectivity index (χ1) is 11.2. The van der Waals surface area contributed by atoms with Crippen LogP contribution in [0, 0.1) is 0 Å². The van der Waals surface area contributed by atoms with Crippen LogP contribution in [0.3, 0.4) is 0 Å². The lowest BCUT2D eigenvalue weighted by Gasteiger charge is -2.16. The zero-order valence-corrected chi connectivity index (χ0v) is 14.4. The van der Waals surface area contributed by atoms with E-state index in [0.29, 0.717) is 13.0 Å². The van der Waals surface area contributed by atoms with E-state index in [-0.39, 0.29) is 18.6 Å². The van der Waals surface area contributed by atoms with Gasteiger partial charge in [0.25, 0.3) is 0 Å². The van der Waals surface area contributed by atoms with E-state index in [1.165, 1.54) is 0 Å². The Hall–Kier alpha value is -1.66. The lowest BCUT2D eigenvalue weighted by atomic mass is 10.2. The molecule has 1 aromatic carbocycles. The molecule has 23 heavy (non-hydrogen) atoms. The van der Waals surface area contributed by atoms with Crippen molar-refractivity contribution < 1.29 is 14.6 Å². The summed E-state index contributed by atoms with van der Waals surface area (Å²) in [6.07, 6.45) is 5.16. The standard InChI is InChI=1S/C17H24N2O3S/c1-22-16-5-3-4-15-14(16)6-9-19(15)10-7-17(21)18-13(12-20)8-11-23-2/h3-6,9,13,20H,7-8,10-12H2,1-2H3,(H,18,21)/t13-/m0/s1. The van der Waals surface area contributed by atoms with Gasteiger partial charge in [-0.2, -0.15) is 11.8 Å². The molecule has 1 amide bonds. The number of ether oxygens (including phenoxy) is 1. The second kappa shape index (κ2) is 8.84. The van der Waals surface area contributed by atoms with Crippen LogP contribution in [0.25, 0.3) is 10.9 Å². The third kappa shape index (κ3) is 4.65. The van der Waals surface area contributed by atoms with Gasteiger partial charge in [-0.1, -0.05) is 6.07 Å². The normalized spacial score (nSPS) is 12.3. The van der Waals surface area contributed by atoms with Crippen molar-refractivity contribution in [1.82, 2.24) is 9.88 Å². The predicted octanol–water partition coefficient (Wildman–Crippen LogP) is 2.27. The van der Waals surface area contributed by atoms with Gasteiger partial charge in [-0.15, -0.1) is 0 Å². The number of fused-ring (bicyclic) bond motifs is 1. The minimum atomic E-state index is -0.156. The van der Waals surface area contributed by atoms with E-state index < -0.39 is 0 Å². The SMILES string of the molecule is COc1cccc2c1ccn2CCC(=O)N[C@H](CO)CCSC. The average Bonchev–Trinajstić information content (AvgIpc) is 2.99. The first kappa shape index (κ1) is 17.7. The Morgan fingerprint density at radius 1 is 1.43 bits per heavy atom. The third-order valence-corrected chi connectivity index (χ3v) is 4.47. The highest BCUT2D eigenvalue weighted by Crippen LogP contribution is 2.26. The molecule has 0 saturated heterocycles. The lowest BCUT2D eigenvalue weighted by molar-refractivity contribution is -0.122. The van der Waals surface area contributed by atoms with Gasteiger partial charge in [0.05, 0.1) is 25.3 Å². The molecular formula is C17H24N2O3S. The summed E-state index contributed by atoms with van der Waals surface area (Å²) in [4.78, 5) is 12.1. The van der Waals surface area contributed by atoms with Crippen molar-refractivity contribution in [1.29, 1.82) is 0 Å². The second-order valence-corrected chi connectivity index (χ2v) is 6.37. The van der Waals surface area contributed by atoms with Crippen molar-refractivity contribution >= 4 is 28.6 Å². The Kier molecular flexibility index (Phi) is 6.80. The molecule has 6 heteroatoms. The van der Waals surface area contributed by atoms with Crippen LogP contribution >= 0.6 is 11.8 Å². The summed E-state index contributed by atoms with van der Waals surface area (Å²) in [6.45, 7) is 0.582. The summed E-state index contributed by atoms with van der Waals surface area (Å²) in [7, 11) is 1.66. The largest absolute Gasteiger partial charge is 0.496 e. The number of hydrogen-bond acceptors (Lipinski definition) is 4. The van der Waals surface area contributed by atoms with E-state index in [0.717, 1.165) is 28.8 Å². The number of carbonyl (C=O) groups excluding carboxylic acids is 1. The Bertz CT molecular complexity index is 642. The fourth-order valence-electron chi connectivity index (χ4n) is 2.56. The number of thioether (sulfide) groups is 1. The summed E-state index contributed by atoms with van der Waals surface area (Å²) < 4.78 is 7.40. The van der Waals surface area contributed by atoms with Gasteiger partial charge < -0.3 is 19.7 Å². The Labute approximate surface area is 141 Å². The molecule has 0 aliphatic carbocycles. The number of aliphatic hydroxyl groups excluding tert-OH is 1. The van der Waals surface area contributed by atoms with Crippen LogP contribution in [-0.2, 0) is 11.3 Å².